The maximum atomic E-state index is 10.8. The van der Waals surface area contributed by atoms with Gasteiger partial charge in [-0.25, -0.2) is 0 Å². The van der Waals surface area contributed by atoms with Crippen LogP contribution in [0.3, 0.4) is 0 Å². The van der Waals surface area contributed by atoms with Gasteiger partial charge in [-0.05, 0) is 56.4 Å². The maximum Gasteiger partial charge on any atom is 0.124 e. The normalized spacial score (nSPS) is 11.2. The molecule has 0 saturated heterocycles. The van der Waals surface area contributed by atoms with Gasteiger partial charge in [0, 0.05) is 11.1 Å². The van der Waals surface area contributed by atoms with Crippen molar-refractivity contribution in [3.05, 3.63) is 114 Å². The molecule has 162 valence electrons. The summed E-state index contributed by atoms with van der Waals surface area (Å²) in [5.74, 6) is 0.285. The molecule has 0 spiro atoms. The van der Waals surface area contributed by atoms with E-state index in [0.29, 0.717) is 24.3 Å². The Morgan fingerprint density at radius 1 is 0.636 bits per heavy atom. The summed E-state index contributed by atoms with van der Waals surface area (Å²) in [6.45, 7) is 4.79. The van der Waals surface area contributed by atoms with Gasteiger partial charge in [-0.1, -0.05) is 85.5 Å². The van der Waals surface area contributed by atoms with Crippen LogP contribution in [0.5, 0.6) is 11.5 Å². The average Bonchev–Trinajstić information content (AvgIpc) is 2.85. The number of benzene rings is 5. The number of aromatic hydroxyl groups is 2. The molecular formula is C30H24O3. The maximum absolute atomic E-state index is 10.8. The minimum absolute atomic E-state index is 0.140. The highest BCUT2D eigenvalue weighted by Crippen LogP contribution is 2.44. The highest BCUT2D eigenvalue weighted by Gasteiger charge is 2.16. The van der Waals surface area contributed by atoms with Crippen molar-refractivity contribution in [1.29, 1.82) is 0 Å². The Morgan fingerprint density at radius 3 is 1.97 bits per heavy atom. The number of ether oxygens (including phenoxy) is 1. The summed E-state index contributed by atoms with van der Waals surface area (Å²) in [5, 5.41) is 25.3. The molecule has 0 radical (unpaired) electrons. The molecule has 5 aromatic rings. The van der Waals surface area contributed by atoms with Gasteiger partial charge in [-0.15, -0.1) is 0 Å². The second-order valence-electron chi connectivity index (χ2n) is 8.13. The van der Waals surface area contributed by atoms with Gasteiger partial charge in [0.1, 0.15) is 11.5 Å². The summed E-state index contributed by atoms with van der Waals surface area (Å²) in [6, 6.07) is 29.2. The van der Waals surface area contributed by atoms with E-state index in [1.54, 1.807) is 12.1 Å². The van der Waals surface area contributed by atoms with E-state index in [2.05, 4.69) is 12.6 Å². The van der Waals surface area contributed by atoms with Crippen LogP contribution >= 0.6 is 0 Å². The fourth-order valence-electron chi connectivity index (χ4n) is 4.28. The van der Waals surface area contributed by atoms with Crippen LogP contribution in [-0.4, -0.2) is 10.2 Å². The van der Waals surface area contributed by atoms with Crippen LogP contribution in [0.4, 0.5) is 0 Å². The minimum Gasteiger partial charge on any atom is -0.507 e. The lowest BCUT2D eigenvalue weighted by atomic mass is 9.92. The number of fused-ring (bicyclic) bond motifs is 2. The summed E-state index contributed by atoms with van der Waals surface area (Å²) < 4.78 is 5.93. The van der Waals surface area contributed by atoms with E-state index in [4.69, 9.17) is 4.74 Å². The smallest absolute Gasteiger partial charge is 0.124 e. The molecule has 0 saturated carbocycles. The van der Waals surface area contributed by atoms with Gasteiger partial charge in [-0.3, -0.25) is 0 Å². The van der Waals surface area contributed by atoms with Crippen molar-refractivity contribution in [3.63, 3.8) is 0 Å². The first-order valence-electron chi connectivity index (χ1n) is 10.9. The Bertz CT molecular complexity index is 1470. The van der Waals surface area contributed by atoms with Crippen molar-refractivity contribution < 1.29 is 14.9 Å². The van der Waals surface area contributed by atoms with Crippen LogP contribution in [-0.2, 0) is 18.0 Å². The van der Waals surface area contributed by atoms with Gasteiger partial charge in [0.15, 0.2) is 0 Å². The molecule has 0 heterocycles. The molecule has 5 rings (SSSR count). The number of hydrogen-bond donors (Lipinski definition) is 2. The molecule has 0 aromatic heterocycles. The van der Waals surface area contributed by atoms with Gasteiger partial charge in [0.25, 0.3) is 0 Å². The Morgan fingerprint density at radius 2 is 1.24 bits per heavy atom. The molecule has 3 nitrogen and oxygen atoms in total. The largest absolute Gasteiger partial charge is 0.507 e. The SMILES string of the molecule is C=Cc1ccc(COCc2ccc3c(-c4c(O)ccc5ccccc45)c(O)ccc3c2)cc1. The highest BCUT2D eigenvalue weighted by atomic mass is 16.5. The molecule has 0 aliphatic heterocycles. The summed E-state index contributed by atoms with van der Waals surface area (Å²) in [4.78, 5) is 0. The fraction of sp³-hybridized carbons (Fsp3) is 0.0667. The Balaban J connectivity index is 1.47. The van der Waals surface area contributed by atoms with E-state index in [0.717, 1.165) is 38.2 Å². The molecule has 5 aromatic carbocycles. The van der Waals surface area contributed by atoms with Crippen molar-refractivity contribution in [2.24, 2.45) is 0 Å². The van der Waals surface area contributed by atoms with Crippen LogP contribution in [0.2, 0.25) is 0 Å². The molecule has 3 heteroatoms. The Hall–Kier alpha value is -4.08. The zero-order valence-electron chi connectivity index (χ0n) is 18.2. The Labute approximate surface area is 192 Å². The van der Waals surface area contributed by atoms with Crippen molar-refractivity contribution in [2.75, 3.05) is 0 Å². The van der Waals surface area contributed by atoms with E-state index in [9.17, 15) is 10.2 Å². The van der Waals surface area contributed by atoms with Crippen molar-refractivity contribution in [1.82, 2.24) is 0 Å². The lowest BCUT2D eigenvalue weighted by molar-refractivity contribution is 0.107. The first-order chi connectivity index (χ1) is 16.1. The van der Waals surface area contributed by atoms with Crippen LogP contribution in [0.15, 0.2) is 97.6 Å². The lowest BCUT2D eigenvalue weighted by Crippen LogP contribution is -1.95. The summed E-state index contributed by atoms with van der Waals surface area (Å²) in [7, 11) is 0. The van der Waals surface area contributed by atoms with Gasteiger partial charge < -0.3 is 14.9 Å². The summed E-state index contributed by atoms with van der Waals surface area (Å²) >= 11 is 0. The monoisotopic (exact) mass is 432 g/mol. The highest BCUT2D eigenvalue weighted by molar-refractivity contribution is 6.09. The predicted octanol–water partition coefficient (Wildman–Crippen LogP) is 7.43. The van der Waals surface area contributed by atoms with E-state index in [1.165, 1.54) is 0 Å². The number of hydrogen-bond acceptors (Lipinski definition) is 3. The summed E-state index contributed by atoms with van der Waals surface area (Å²) in [5.41, 5.74) is 4.52. The molecule has 0 amide bonds. The lowest BCUT2D eigenvalue weighted by Gasteiger charge is -2.15. The fourth-order valence-corrected chi connectivity index (χ4v) is 4.28. The molecule has 0 unspecified atom stereocenters. The van der Waals surface area contributed by atoms with Crippen LogP contribution < -0.4 is 0 Å². The first kappa shape index (κ1) is 20.8. The number of phenolic OH excluding ortho intramolecular Hbond substituents is 2. The average molecular weight is 433 g/mol. The molecule has 33 heavy (non-hydrogen) atoms. The molecule has 2 N–H and O–H groups in total. The van der Waals surface area contributed by atoms with Gasteiger partial charge >= 0.3 is 0 Å². The number of phenols is 2. The quantitative estimate of drug-likeness (QED) is 0.293. The minimum atomic E-state index is 0.140. The molecule has 0 fully saturated rings. The van der Waals surface area contributed by atoms with Gasteiger partial charge in [0.05, 0.1) is 13.2 Å². The molecule has 0 aliphatic carbocycles. The van der Waals surface area contributed by atoms with Crippen molar-refractivity contribution in [3.8, 4) is 22.6 Å². The standard InChI is InChI=1S/C30H24O3/c1-2-20-7-9-21(10-8-20)18-33-19-22-11-14-26-24(17-22)13-16-28(32)30(26)29-25-6-4-3-5-23(25)12-15-27(29)31/h2-17,31-32H,1,18-19H2. The zero-order valence-corrected chi connectivity index (χ0v) is 18.2. The second-order valence-corrected chi connectivity index (χ2v) is 8.13. The number of rotatable bonds is 6. The molecular weight excluding hydrogens is 408 g/mol. The third kappa shape index (κ3) is 4.07. The first-order valence-corrected chi connectivity index (χ1v) is 10.9. The van der Waals surface area contributed by atoms with E-state index in [-0.39, 0.29) is 11.5 Å². The molecule has 0 atom stereocenters. The second kappa shape index (κ2) is 8.81. The molecule has 0 aliphatic rings. The third-order valence-electron chi connectivity index (χ3n) is 5.97. The van der Waals surface area contributed by atoms with Crippen molar-refractivity contribution >= 4 is 27.6 Å². The van der Waals surface area contributed by atoms with E-state index < -0.39 is 0 Å². The predicted molar refractivity (Wildman–Crippen MR) is 135 cm³/mol. The third-order valence-corrected chi connectivity index (χ3v) is 5.97. The van der Waals surface area contributed by atoms with Crippen LogP contribution in [0, 0.1) is 0 Å². The molecule has 0 bridgehead atoms. The van der Waals surface area contributed by atoms with Crippen LogP contribution in [0.25, 0.3) is 38.7 Å². The zero-order chi connectivity index (χ0) is 22.8. The van der Waals surface area contributed by atoms with E-state index >= 15 is 0 Å². The van der Waals surface area contributed by atoms with Crippen molar-refractivity contribution in [2.45, 2.75) is 13.2 Å². The van der Waals surface area contributed by atoms with E-state index in [1.807, 2.05) is 78.9 Å². The summed E-state index contributed by atoms with van der Waals surface area (Å²) in [6.07, 6.45) is 1.82. The topological polar surface area (TPSA) is 49.7 Å². The Kier molecular flexibility index (Phi) is 5.55. The van der Waals surface area contributed by atoms with Gasteiger partial charge in [0.2, 0.25) is 0 Å². The van der Waals surface area contributed by atoms with Crippen LogP contribution in [0.1, 0.15) is 16.7 Å². The van der Waals surface area contributed by atoms with Gasteiger partial charge in [-0.2, -0.15) is 0 Å².